The van der Waals surface area contributed by atoms with Crippen molar-refractivity contribution in [3.8, 4) is 11.1 Å². The molecular weight excluding hydrogens is 255 g/mol. The van der Waals surface area contributed by atoms with Gasteiger partial charge in [-0.15, -0.1) is 0 Å². The molecule has 0 aliphatic heterocycles. The first-order valence-electron chi connectivity index (χ1n) is 6.22. The van der Waals surface area contributed by atoms with Gasteiger partial charge in [0.05, 0.1) is 5.39 Å². The molecule has 0 aliphatic rings. The Morgan fingerprint density at radius 2 is 1.85 bits per heavy atom. The maximum atomic E-state index is 14.1. The number of benzene rings is 1. The van der Waals surface area contributed by atoms with Crippen molar-refractivity contribution in [2.75, 3.05) is 0 Å². The summed E-state index contributed by atoms with van der Waals surface area (Å²) >= 11 is 0. The monoisotopic (exact) mass is 264 g/mol. The average Bonchev–Trinajstić information content (AvgIpc) is 2.84. The maximum absolute atomic E-state index is 14.1. The van der Waals surface area contributed by atoms with Gasteiger partial charge in [0.2, 0.25) is 11.7 Å². The summed E-state index contributed by atoms with van der Waals surface area (Å²) in [5.41, 5.74) is 2.82. The van der Waals surface area contributed by atoms with E-state index in [1.165, 1.54) is 0 Å². The van der Waals surface area contributed by atoms with Crippen molar-refractivity contribution in [1.82, 2.24) is 9.97 Å². The second-order valence-electron chi connectivity index (χ2n) is 4.50. The van der Waals surface area contributed by atoms with E-state index in [-0.39, 0.29) is 5.71 Å². The smallest absolute Gasteiger partial charge is 0.231 e. The molecule has 0 saturated carbocycles. The van der Waals surface area contributed by atoms with Crippen LogP contribution >= 0.6 is 0 Å². The number of aromatic nitrogens is 2. The molecule has 4 aromatic rings. The molecule has 4 heteroatoms. The van der Waals surface area contributed by atoms with E-state index >= 15 is 0 Å². The van der Waals surface area contributed by atoms with E-state index in [2.05, 4.69) is 9.97 Å². The Balaban J connectivity index is 2.08. The minimum Gasteiger partial charge on any atom is -0.436 e. The van der Waals surface area contributed by atoms with Crippen molar-refractivity contribution in [2.45, 2.75) is 0 Å². The van der Waals surface area contributed by atoms with Crippen LogP contribution in [0.3, 0.4) is 0 Å². The minimum absolute atomic E-state index is 0.274. The lowest BCUT2D eigenvalue weighted by atomic mass is 10.1. The predicted octanol–water partition coefficient (Wildman–Crippen LogP) is 4.18. The summed E-state index contributed by atoms with van der Waals surface area (Å²) in [6, 6.07) is 14.6. The van der Waals surface area contributed by atoms with Crippen LogP contribution in [0.5, 0.6) is 0 Å². The highest BCUT2D eigenvalue weighted by atomic mass is 19.1. The quantitative estimate of drug-likeness (QED) is 0.484. The fourth-order valence-corrected chi connectivity index (χ4v) is 2.32. The number of pyridine rings is 2. The molecule has 96 valence electrons. The summed E-state index contributed by atoms with van der Waals surface area (Å²) < 4.78 is 19.7. The Morgan fingerprint density at radius 1 is 1.00 bits per heavy atom. The van der Waals surface area contributed by atoms with Crippen LogP contribution in [0.4, 0.5) is 4.39 Å². The SMILES string of the molecule is Fc1nc2oc3cccnc3c2cc1-c1ccccc1. The molecule has 1 aromatic carbocycles. The molecule has 0 spiro atoms. The van der Waals surface area contributed by atoms with Crippen molar-refractivity contribution in [2.24, 2.45) is 0 Å². The van der Waals surface area contributed by atoms with Crippen molar-refractivity contribution in [1.29, 1.82) is 0 Å². The lowest BCUT2D eigenvalue weighted by molar-refractivity contribution is 0.572. The van der Waals surface area contributed by atoms with Gasteiger partial charge in [0.15, 0.2) is 5.58 Å². The van der Waals surface area contributed by atoms with Crippen LogP contribution in [0.25, 0.3) is 33.3 Å². The Hall–Kier alpha value is -2.75. The molecule has 0 radical (unpaired) electrons. The normalized spacial score (nSPS) is 11.2. The number of hydrogen-bond acceptors (Lipinski definition) is 3. The van der Waals surface area contributed by atoms with E-state index in [4.69, 9.17) is 4.42 Å². The van der Waals surface area contributed by atoms with Crippen molar-refractivity contribution in [3.63, 3.8) is 0 Å². The van der Waals surface area contributed by atoms with Gasteiger partial charge in [0.25, 0.3) is 0 Å². The van der Waals surface area contributed by atoms with Crippen molar-refractivity contribution in [3.05, 3.63) is 60.7 Å². The molecule has 0 bridgehead atoms. The van der Waals surface area contributed by atoms with Gasteiger partial charge in [-0.05, 0) is 23.8 Å². The van der Waals surface area contributed by atoms with E-state index in [0.29, 0.717) is 16.7 Å². The number of furan rings is 1. The van der Waals surface area contributed by atoms with Gasteiger partial charge >= 0.3 is 0 Å². The van der Waals surface area contributed by atoms with Crippen LogP contribution in [0, 0.1) is 5.95 Å². The van der Waals surface area contributed by atoms with Gasteiger partial charge in [-0.3, -0.25) is 4.98 Å². The Bertz CT molecular complexity index is 916. The van der Waals surface area contributed by atoms with Gasteiger partial charge in [-0.1, -0.05) is 30.3 Å². The van der Waals surface area contributed by atoms with Gasteiger partial charge in [0.1, 0.15) is 5.52 Å². The second kappa shape index (κ2) is 4.13. The summed E-state index contributed by atoms with van der Waals surface area (Å²) in [5, 5.41) is 0.723. The Kier molecular flexibility index (Phi) is 2.29. The first-order valence-corrected chi connectivity index (χ1v) is 6.22. The first-order chi connectivity index (χ1) is 9.83. The molecule has 20 heavy (non-hydrogen) atoms. The molecule has 3 nitrogen and oxygen atoms in total. The molecule has 0 N–H and O–H groups in total. The molecule has 3 heterocycles. The minimum atomic E-state index is -0.539. The van der Waals surface area contributed by atoms with E-state index in [1.54, 1.807) is 24.4 Å². The summed E-state index contributed by atoms with van der Waals surface area (Å²) in [7, 11) is 0. The highest BCUT2D eigenvalue weighted by molar-refractivity contribution is 6.02. The zero-order chi connectivity index (χ0) is 13.5. The lowest BCUT2D eigenvalue weighted by Gasteiger charge is -2.02. The molecule has 4 rings (SSSR count). The van der Waals surface area contributed by atoms with Crippen LogP contribution in [0.2, 0.25) is 0 Å². The van der Waals surface area contributed by atoms with Crippen molar-refractivity contribution >= 4 is 22.2 Å². The first kappa shape index (κ1) is 11.1. The van der Waals surface area contributed by atoms with Crippen LogP contribution in [0.1, 0.15) is 0 Å². The topological polar surface area (TPSA) is 38.9 Å². The third kappa shape index (κ3) is 1.58. The second-order valence-corrected chi connectivity index (χ2v) is 4.50. The molecule has 0 amide bonds. The zero-order valence-corrected chi connectivity index (χ0v) is 10.4. The zero-order valence-electron chi connectivity index (χ0n) is 10.4. The van der Waals surface area contributed by atoms with Gasteiger partial charge in [-0.2, -0.15) is 9.37 Å². The standard InChI is InChI=1S/C16H9FN2O/c17-15-11(10-5-2-1-3-6-10)9-12-14-13(7-4-8-18-14)20-16(12)19-15/h1-9H. The lowest BCUT2D eigenvalue weighted by Crippen LogP contribution is -1.89. The predicted molar refractivity (Wildman–Crippen MR) is 74.7 cm³/mol. The number of nitrogens with zero attached hydrogens (tertiary/aromatic N) is 2. The summed E-state index contributed by atoms with van der Waals surface area (Å²) in [4.78, 5) is 8.19. The van der Waals surface area contributed by atoms with Crippen molar-refractivity contribution < 1.29 is 8.81 Å². The molecule has 0 atom stereocenters. The van der Waals surface area contributed by atoms with Gasteiger partial charge in [0, 0.05) is 11.8 Å². The molecular formula is C16H9FN2O. The van der Waals surface area contributed by atoms with Crippen LogP contribution in [-0.2, 0) is 0 Å². The number of halogens is 1. The number of hydrogen-bond donors (Lipinski definition) is 0. The van der Waals surface area contributed by atoms with Crippen LogP contribution in [0.15, 0.2) is 59.1 Å². The number of fused-ring (bicyclic) bond motifs is 3. The Labute approximate surface area is 113 Å². The highest BCUT2D eigenvalue weighted by Gasteiger charge is 2.14. The largest absolute Gasteiger partial charge is 0.436 e. The molecule has 0 unspecified atom stereocenters. The molecule has 0 fully saturated rings. The summed E-state index contributed by atoms with van der Waals surface area (Å²) in [5.74, 6) is -0.539. The third-order valence-corrected chi connectivity index (χ3v) is 3.26. The third-order valence-electron chi connectivity index (χ3n) is 3.26. The van der Waals surface area contributed by atoms with Gasteiger partial charge in [-0.25, -0.2) is 0 Å². The maximum Gasteiger partial charge on any atom is 0.231 e. The molecule has 0 aliphatic carbocycles. The van der Waals surface area contributed by atoms with E-state index < -0.39 is 5.95 Å². The summed E-state index contributed by atoms with van der Waals surface area (Å²) in [6.07, 6.45) is 1.68. The van der Waals surface area contributed by atoms with E-state index in [0.717, 1.165) is 10.9 Å². The number of rotatable bonds is 1. The van der Waals surface area contributed by atoms with E-state index in [1.807, 2.05) is 30.3 Å². The average molecular weight is 264 g/mol. The Morgan fingerprint density at radius 3 is 2.70 bits per heavy atom. The molecule has 0 saturated heterocycles. The van der Waals surface area contributed by atoms with E-state index in [9.17, 15) is 4.39 Å². The summed E-state index contributed by atoms with van der Waals surface area (Å²) in [6.45, 7) is 0. The fraction of sp³-hybridized carbons (Fsp3) is 0. The van der Waals surface area contributed by atoms with Crippen LogP contribution < -0.4 is 0 Å². The fourth-order valence-electron chi connectivity index (χ4n) is 2.32. The van der Waals surface area contributed by atoms with Crippen LogP contribution in [-0.4, -0.2) is 9.97 Å². The molecule has 3 aromatic heterocycles. The highest BCUT2D eigenvalue weighted by Crippen LogP contribution is 2.31. The van der Waals surface area contributed by atoms with Gasteiger partial charge < -0.3 is 4.42 Å².